The molecule has 0 radical (unpaired) electrons. The highest BCUT2D eigenvalue weighted by Crippen LogP contribution is 2.45. The fraction of sp³-hybridized carbons (Fsp3) is 0.455. The molecule has 15 heavy (non-hydrogen) atoms. The molecule has 0 amide bonds. The second-order valence-corrected chi connectivity index (χ2v) is 4.92. The predicted octanol–water partition coefficient (Wildman–Crippen LogP) is 3.27. The Morgan fingerprint density at radius 1 is 1.53 bits per heavy atom. The first-order chi connectivity index (χ1) is 7.00. The van der Waals surface area contributed by atoms with Gasteiger partial charge >= 0.3 is 0 Å². The Kier molecular flexibility index (Phi) is 2.51. The smallest absolute Gasteiger partial charge is 0.143 e. The van der Waals surface area contributed by atoms with E-state index in [4.69, 9.17) is 17.3 Å². The Morgan fingerprint density at radius 2 is 2.20 bits per heavy atom. The molecule has 1 aliphatic carbocycles. The third-order valence-corrected chi connectivity index (χ3v) is 3.19. The van der Waals surface area contributed by atoms with Crippen LogP contribution in [0, 0.1) is 11.2 Å². The molecule has 1 saturated carbocycles. The molecule has 1 aromatic rings. The summed E-state index contributed by atoms with van der Waals surface area (Å²) in [6.07, 6.45) is 2.44. The Hall–Kier alpha value is -0.960. The Morgan fingerprint density at radius 3 is 2.80 bits per heavy atom. The maximum Gasteiger partial charge on any atom is 0.143 e. The lowest BCUT2D eigenvalue weighted by atomic mass is 10.1. The molecule has 82 valence electrons. The molecule has 0 saturated heterocycles. The van der Waals surface area contributed by atoms with Gasteiger partial charge in [0.1, 0.15) is 5.82 Å². The van der Waals surface area contributed by atoms with Crippen molar-refractivity contribution in [3.8, 4) is 0 Å². The van der Waals surface area contributed by atoms with Crippen LogP contribution in [-0.4, -0.2) is 6.54 Å². The highest BCUT2D eigenvalue weighted by molar-refractivity contribution is 6.31. The maximum absolute atomic E-state index is 13.2. The van der Waals surface area contributed by atoms with Crippen LogP contribution < -0.4 is 11.1 Å². The molecule has 2 nitrogen and oxygen atoms in total. The van der Waals surface area contributed by atoms with Crippen LogP contribution in [0.2, 0.25) is 5.02 Å². The van der Waals surface area contributed by atoms with Gasteiger partial charge in [0.15, 0.2) is 0 Å². The minimum Gasteiger partial charge on any atom is -0.397 e. The molecule has 0 bridgehead atoms. The van der Waals surface area contributed by atoms with Crippen LogP contribution in [-0.2, 0) is 0 Å². The quantitative estimate of drug-likeness (QED) is 0.780. The molecule has 4 heteroatoms. The van der Waals surface area contributed by atoms with Crippen molar-refractivity contribution in [3.05, 3.63) is 23.0 Å². The summed E-state index contributed by atoms with van der Waals surface area (Å²) in [5.74, 6) is -0.436. The van der Waals surface area contributed by atoms with Crippen LogP contribution in [0.15, 0.2) is 12.1 Å². The SMILES string of the molecule is CC1(CNc2cc(F)c(Cl)cc2N)CC1. The molecular formula is C11H14ClFN2. The fourth-order valence-corrected chi connectivity index (χ4v) is 1.59. The maximum atomic E-state index is 13.2. The standard InChI is InChI=1S/C11H14ClFN2/c1-11(2-3-11)6-15-10-5-8(13)7(12)4-9(10)14/h4-5,15H,2-3,6,14H2,1H3. The van der Waals surface area contributed by atoms with Crippen molar-refractivity contribution in [2.45, 2.75) is 19.8 Å². The van der Waals surface area contributed by atoms with Crippen molar-refractivity contribution >= 4 is 23.0 Å². The monoisotopic (exact) mass is 228 g/mol. The van der Waals surface area contributed by atoms with Gasteiger partial charge in [-0.15, -0.1) is 0 Å². The van der Waals surface area contributed by atoms with Gasteiger partial charge in [0.2, 0.25) is 0 Å². The van der Waals surface area contributed by atoms with Crippen molar-refractivity contribution < 1.29 is 4.39 Å². The van der Waals surface area contributed by atoms with E-state index in [1.807, 2.05) is 0 Å². The number of benzene rings is 1. The minimum atomic E-state index is -0.436. The number of nitrogens with one attached hydrogen (secondary N) is 1. The first-order valence-electron chi connectivity index (χ1n) is 4.99. The molecule has 0 spiro atoms. The topological polar surface area (TPSA) is 38.0 Å². The van der Waals surface area contributed by atoms with Crippen molar-refractivity contribution in [1.82, 2.24) is 0 Å². The number of nitrogens with two attached hydrogens (primary N) is 1. The van der Waals surface area contributed by atoms with Crippen LogP contribution in [0.4, 0.5) is 15.8 Å². The molecule has 1 aliphatic rings. The van der Waals surface area contributed by atoms with E-state index in [1.165, 1.54) is 25.0 Å². The number of rotatable bonds is 3. The van der Waals surface area contributed by atoms with Gasteiger partial charge in [-0.1, -0.05) is 18.5 Å². The van der Waals surface area contributed by atoms with Crippen molar-refractivity contribution in [1.29, 1.82) is 0 Å². The van der Waals surface area contributed by atoms with Crippen LogP contribution in [0.25, 0.3) is 0 Å². The molecule has 2 rings (SSSR count). The third kappa shape index (κ3) is 2.34. The van der Waals surface area contributed by atoms with Gasteiger partial charge in [-0.25, -0.2) is 4.39 Å². The lowest BCUT2D eigenvalue weighted by Crippen LogP contribution is -2.13. The normalized spacial score (nSPS) is 17.5. The molecule has 0 atom stereocenters. The Balaban J connectivity index is 2.10. The van der Waals surface area contributed by atoms with Crippen LogP contribution >= 0.6 is 11.6 Å². The summed E-state index contributed by atoms with van der Waals surface area (Å²) in [4.78, 5) is 0. The molecule has 0 aromatic heterocycles. The highest BCUT2D eigenvalue weighted by atomic mass is 35.5. The van der Waals surface area contributed by atoms with Crippen molar-refractivity contribution in [3.63, 3.8) is 0 Å². The first kappa shape index (κ1) is 10.6. The van der Waals surface area contributed by atoms with Crippen LogP contribution in [0.1, 0.15) is 19.8 Å². The molecule has 0 aliphatic heterocycles. The van der Waals surface area contributed by atoms with Gasteiger partial charge < -0.3 is 11.1 Å². The average molecular weight is 229 g/mol. The number of anilines is 2. The van der Waals surface area contributed by atoms with E-state index >= 15 is 0 Å². The number of halogens is 2. The summed E-state index contributed by atoms with van der Waals surface area (Å²) in [6, 6.07) is 2.79. The summed E-state index contributed by atoms with van der Waals surface area (Å²) in [5.41, 5.74) is 7.21. The van der Waals surface area contributed by atoms with Crippen molar-refractivity contribution in [2.75, 3.05) is 17.6 Å². The fourth-order valence-electron chi connectivity index (χ4n) is 1.41. The van der Waals surface area contributed by atoms with Gasteiger partial charge in [0, 0.05) is 12.6 Å². The van der Waals surface area contributed by atoms with Crippen molar-refractivity contribution in [2.24, 2.45) is 5.41 Å². The second kappa shape index (κ2) is 3.56. The van der Waals surface area contributed by atoms with E-state index in [1.54, 1.807) is 0 Å². The molecule has 1 fully saturated rings. The first-order valence-corrected chi connectivity index (χ1v) is 5.36. The van der Waals surface area contributed by atoms with Crippen LogP contribution in [0.5, 0.6) is 0 Å². The largest absolute Gasteiger partial charge is 0.397 e. The predicted molar refractivity (Wildman–Crippen MR) is 61.7 cm³/mol. The average Bonchev–Trinajstić information content (AvgIpc) is 2.89. The Labute approximate surface area is 93.6 Å². The van der Waals surface area contributed by atoms with E-state index in [-0.39, 0.29) is 5.02 Å². The summed E-state index contributed by atoms with van der Waals surface area (Å²) in [6.45, 7) is 3.03. The zero-order valence-corrected chi connectivity index (χ0v) is 9.37. The molecular weight excluding hydrogens is 215 g/mol. The summed E-state index contributed by atoms with van der Waals surface area (Å²) in [7, 11) is 0. The second-order valence-electron chi connectivity index (χ2n) is 4.52. The zero-order chi connectivity index (χ0) is 11.1. The number of hydrogen-bond acceptors (Lipinski definition) is 2. The molecule has 1 aromatic carbocycles. The number of hydrogen-bond donors (Lipinski definition) is 2. The number of nitrogen functional groups attached to an aromatic ring is 1. The summed E-state index contributed by atoms with van der Waals surface area (Å²) < 4.78 is 13.2. The third-order valence-electron chi connectivity index (χ3n) is 2.90. The van der Waals surface area contributed by atoms with Gasteiger partial charge in [0.05, 0.1) is 16.4 Å². The Bertz CT molecular complexity index is 388. The summed E-state index contributed by atoms with van der Waals surface area (Å²) in [5, 5.41) is 3.23. The molecule has 3 N–H and O–H groups in total. The van der Waals surface area contributed by atoms with Gasteiger partial charge in [0.25, 0.3) is 0 Å². The van der Waals surface area contributed by atoms with E-state index in [0.29, 0.717) is 16.8 Å². The lowest BCUT2D eigenvalue weighted by molar-refractivity contribution is 0.608. The summed E-state index contributed by atoms with van der Waals surface area (Å²) >= 11 is 5.61. The zero-order valence-electron chi connectivity index (χ0n) is 8.61. The van der Waals surface area contributed by atoms with E-state index in [9.17, 15) is 4.39 Å². The minimum absolute atomic E-state index is 0.0654. The molecule has 0 heterocycles. The van der Waals surface area contributed by atoms with Crippen LogP contribution in [0.3, 0.4) is 0 Å². The molecule has 0 unspecified atom stereocenters. The van der Waals surface area contributed by atoms with Gasteiger partial charge in [-0.3, -0.25) is 0 Å². The van der Waals surface area contributed by atoms with Gasteiger partial charge in [-0.2, -0.15) is 0 Å². The van der Waals surface area contributed by atoms with E-state index < -0.39 is 5.82 Å². The van der Waals surface area contributed by atoms with E-state index in [2.05, 4.69) is 12.2 Å². The van der Waals surface area contributed by atoms with Gasteiger partial charge in [-0.05, 0) is 24.3 Å². The lowest BCUT2D eigenvalue weighted by Gasteiger charge is -2.13. The van der Waals surface area contributed by atoms with E-state index in [0.717, 1.165) is 6.54 Å². The highest BCUT2D eigenvalue weighted by Gasteiger charge is 2.36.